The van der Waals surface area contributed by atoms with Gasteiger partial charge in [0.25, 0.3) is 11.8 Å². The van der Waals surface area contributed by atoms with Gasteiger partial charge in [-0.05, 0) is 24.3 Å². The molecular weight excluding hydrogens is 313 g/mol. The van der Waals surface area contributed by atoms with Crippen LogP contribution in [0.25, 0.3) is 0 Å². The molecule has 1 aromatic heterocycles. The summed E-state index contributed by atoms with van der Waals surface area (Å²) < 4.78 is 18.4. The Hall–Kier alpha value is -2.80. The topological polar surface area (TPSA) is 71.5 Å². The van der Waals surface area contributed by atoms with Crippen LogP contribution in [0.3, 0.4) is 0 Å². The molecule has 1 aliphatic heterocycles. The van der Waals surface area contributed by atoms with E-state index >= 15 is 0 Å². The number of hydrogen-bond donors (Lipinski definition) is 1. The largest absolute Gasteiger partial charge is 0.378 e. The van der Waals surface area contributed by atoms with Gasteiger partial charge in [-0.25, -0.2) is 4.39 Å². The first kappa shape index (κ1) is 16.1. The summed E-state index contributed by atoms with van der Waals surface area (Å²) in [6.07, 6.45) is 2.79. The predicted octanol–water partition coefficient (Wildman–Crippen LogP) is 1.95. The van der Waals surface area contributed by atoms with Gasteiger partial charge in [0.2, 0.25) is 0 Å². The molecule has 1 fully saturated rings. The van der Waals surface area contributed by atoms with E-state index in [1.54, 1.807) is 11.0 Å². The number of morpholine rings is 1. The minimum Gasteiger partial charge on any atom is -0.378 e. The molecule has 1 aliphatic rings. The van der Waals surface area contributed by atoms with Gasteiger partial charge in [-0.3, -0.25) is 14.6 Å². The molecule has 2 heterocycles. The van der Waals surface area contributed by atoms with Crippen molar-refractivity contribution in [2.24, 2.45) is 0 Å². The Morgan fingerprint density at radius 3 is 2.62 bits per heavy atom. The molecule has 1 aromatic carbocycles. The normalized spacial score (nSPS) is 14.3. The highest BCUT2D eigenvalue weighted by Gasteiger charge is 2.20. The number of amides is 2. The number of hydrogen-bond acceptors (Lipinski definition) is 4. The lowest BCUT2D eigenvalue weighted by Crippen LogP contribution is -2.40. The van der Waals surface area contributed by atoms with Gasteiger partial charge in [0.15, 0.2) is 0 Å². The first-order valence-corrected chi connectivity index (χ1v) is 7.52. The SMILES string of the molecule is O=C(Nc1cccc(F)c1)c1cncc(C(=O)N2CCOCC2)c1. The fourth-order valence-electron chi connectivity index (χ4n) is 2.40. The maximum atomic E-state index is 13.2. The number of carbonyl (C=O) groups is 2. The van der Waals surface area contributed by atoms with E-state index in [1.807, 2.05) is 0 Å². The maximum absolute atomic E-state index is 13.2. The number of carbonyl (C=O) groups excluding carboxylic acids is 2. The Morgan fingerprint density at radius 2 is 1.88 bits per heavy atom. The van der Waals surface area contributed by atoms with Crippen LogP contribution in [-0.4, -0.2) is 48.0 Å². The highest BCUT2D eigenvalue weighted by Crippen LogP contribution is 2.13. The summed E-state index contributed by atoms with van der Waals surface area (Å²) in [5, 5.41) is 2.58. The number of benzene rings is 1. The fourth-order valence-corrected chi connectivity index (χ4v) is 2.40. The van der Waals surface area contributed by atoms with Gasteiger partial charge in [-0.15, -0.1) is 0 Å². The van der Waals surface area contributed by atoms with Crippen molar-refractivity contribution in [1.29, 1.82) is 0 Å². The van der Waals surface area contributed by atoms with E-state index in [4.69, 9.17) is 4.74 Å². The molecule has 0 aliphatic carbocycles. The van der Waals surface area contributed by atoms with Crippen LogP contribution in [0.4, 0.5) is 10.1 Å². The molecule has 24 heavy (non-hydrogen) atoms. The third kappa shape index (κ3) is 3.75. The summed E-state index contributed by atoms with van der Waals surface area (Å²) in [4.78, 5) is 30.3. The summed E-state index contributed by atoms with van der Waals surface area (Å²) in [5.41, 5.74) is 0.909. The van der Waals surface area contributed by atoms with Gasteiger partial charge >= 0.3 is 0 Å². The van der Waals surface area contributed by atoms with Crippen LogP contribution in [0.1, 0.15) is 20.7 Å². The molecule has 0 saturated carbocycles. The summed E-state index contributed by atoms with van der Waals surface area (Å²) in [6, 6.07) is 7.07. The third-order valence-corrected chi connectivity index (χ3v) is 3.63. The van der Waals surface area contributed by atoms with Crippen LogP contribution >= 0.6 is 0 Å². The number of pyridine rings is 1. The van der Waals surface area contributed by atoms with E-state index in [-0.39, 0.29) is 11.5 Å². The molecule has 0 unspecified atom stereocenters. The number of anilines is 1. The first-order chi connectivity index (χ1) is 11.6. The Kier molecular flexibility index (Phi) is 4.81. The van der Waals surface area contributed by atoms with Crippen molar-refractivity contribution in [1.82, 2.24) is 9.88 Å². The van der Waals surface area contributed by atoms with Crippen LogP contribution in [0.2, 0.25) is 0 Å². The third-order valence-electron chi connectivity index (χ3n) is 3.63. The zero-order valence-electron chi connectivity index (χ0n) is 12.9. The number of nitrogens with zero attached hydrogens (tertiary/aromatic N) is 2. The van der Waals surface area contributed by atoms with E-state index in [2.05, 4.69) is 10.3 Å². The first-order valence-electron chi connectivity index (χ1n) is 7.52. The predicted molar refractivity (Wildman–Crippen MR) is 85.3 cm³/mol. The van der Waals surface area contributed by atoms with Crippen LogP contribution in [-0.2, 0) is 4.74 Å². The van der Waals surface area contributed by atoms with Gasteiger partial charge < -0.3 is 15.0 Å². The van der Waals surface area contributed by atoms with Gasteiger partial charge in [0.05, 0.1) is 24.3 Å². The summed E-state index contributed by atoms with van der Waals surface area (Å²) in [6.45, 7) is 2.02. The fraction of sp³-hybridized carbons (Fsp3) is 0.235. The van der Waals surface area contributed by atoms with E-state index in [0.29, 0.717) is 37.6 Å². The van der Waals surface area contributed by atoms with Crippen LogP contribution in [0.15, 0.2) is 42.7 Å². The molecule has 0 atom stereocenters. The lowest BCUT2D eigenvalue weighted by atomic mass is 10.1. The standard InChI is InChI=1S/C17H16FN3O3/c18-14-2-1-3-15(9-14)20-16(22)12-8-13(11-19-10-12)17(23)21-4-6-24-7-5-21/h1-3,8-11H,4-7H2,(H,20,22). The highest BCUT2D eigenvalue weighted by molar-refractivity contribution is 6.05. The summed E-state index contributed by atoms with van der Waals surface area (Å²) in [7, 11) is 0. The second-order valence-electron chi connectivity index (χ2n) is 5.33. The minimum atomic E-state index is -0.454. The van der Waals surface area contributed by atoms with Crippen LogP contribution < -0.4 is 5.32 Å². The van der Waals surface area contributed by atoms with Crippen molar-refractivity contribution in [3.05, 3.63) is 59.7 Å². The lowest BCUT2D eigenvalue weighted by Gasteiger charge is -2.26. The molecule has 2 aromatic rings. The maximum Gasteiger partial charge on any atom is 0.257 e. The summed E-state index contributed by atoms with van der Waals surface area (Å²) in [5.74, 6) is -1.09. The van der Waals surface area contributed by atoms with Crippen molar-refractivity contribution in [2.75, 3.05) is 31.6 Å². The molecule has 3 rings (SSSR count). The molecule has 0 radical (unpaired) electrons. The minimum absolute atomic E-state index is 0.189. The average Bonchev–Trinajstić information content (AvgIpc) is 2.62. The number of halogens is 1. The molecule has 2 amide bonds. The van der Waals surface area contributed by atoms with Crippen molar-refractivity contribution >= 4 is 17.5 Å². The van der Waals surface area contributed by atoms with E-state index in [1.165, 1.54) is 36.7 Å². The molecule has 7 heteroatoms. The van der Waals surface area contributed by atoms with Crippen LogP contribution in [0.5, 0.6) is 0 Å². The Bertz CT molecular complexity index is 760. The molecule has 1 N–H and O–H groups in total. The van der Waals surface area contributed by atoms with Crippen molar-refractivity contribution < 1.29 is 18.7 Å². The Morgan fingerprint density at radius 1 is 1.12 bits per heavy atom. The number of rotatable bonds is 3. The Labute approximate surface area is 138 Å². The lowest BCUT2D eigenvalue weighted by molar-refractivity contribution is 0.0302. The molecule has 124 valence electrons. The van der Waals surface area contributed by atoms with E-state index in [0.717, 1.165) is 0 Å². The monoisotopic (exact) mass is 329 g/mol. The average molecular weight is 329 g/mol. The Balaban J connectivity index is 1.74. The van der Waals surface area contributed by atoms with Crippen molar-refractivity contribution in [3.63, 3.8) is 0 Å². The van der Waals surface area contributed by atoms with Gasteiger partial charge in [-0.2, -0.15) is 0 Å². The highest BCUT2D eigenvalue weighted by atomic mass is 19.1. The number of ether oxygens (including phenoxy) is 1. The molecule has 1 saturated heterocycles. The van der Waals surface area contributed by atoms with Crippen molar-refractivity contribution in [2.45, 2.75) is 0 Å². The quantitative estimate of drug-likeness (QED) is 0.934. The van der Waals surface area contributed by atoms with Crippen LogP contribution in [0, 0.1) is 5.82 Å². The van der Waals surface area contributed by atoms with E-state index in [9.17, 15) is 14.0 Å². The second kappa shape index (κ2) is 7.18. The molecule has 6 nitrogen and oxygen atoms in total. The molecular formula is C17H16FN3O3. The molecule has 0 bridgehead atoms. The zero-order valence-corrected chi connectivity index (χ0v) is 12.9. The summed E-state index contributed by atoms with van der Waals surface area (Å²) >= 11 is 0. The van der Waals surface area contributed by atoms with Gasteiger partial charge in [0.1, 0.15) is 5.82 Å². The van der Waals surface area contributed by atoms with E-state index < -0.39 is 11.7 Å². The number of nitrogens with one attached hydrogen (secondary N) is 1. The smallest absolute Gasteiger partial charge is 0.257 e. The number of aromatic nitrogens is 1. The van der Waals surface area contributed by atoms with Crippen molar-refractivity contribution in [3.8, 4) is 0 Å². The second-order valence-corrected chi connectivity index (χ2v) is 5.33. The van der Waals surface area contributed by atoms with Gasteiger partial charge in [-0.1, -0.05) is 6.07 Å². The zero-order chi connectivity index (χ0) is 16.9. The molecule has 0 spiro atoms. The van der Waals surface area contributed by atoms with Gasteiger partial charge in [0, 0.05) is 31.2 Å².